The van der Waals surface area contributed by atoms with E-state index in [9.17, 15) is 0 Å². The number of anilines is 1. The van der Waals surface area contributed by atoms with E-state index in [1.54, 1.807) is 6.20 Å². The molecule has 15 heavy (non-hydrogen) atoms. The molecule has 4 heteroatoms. The van der Waals surface area contributed by atoms with Gasteiger partial charge in [-0.3, -0.25) is 0 Å². The molecule has 0 aliphatic heterocycles. The lowest BCUT2D eigenvalue weighted by molar-refractivity contribution is 0.714. The van der Waals surface area contributed by atoms with Gasteiger partial charge in [0.25, 0.3) is 0 Å². The summed E-state index contributed by atoms with van der Waals surface area (Å²) in [6.07, 6.45) is 4.11. The average molecular weight is 228 g/mol. The molecule has 0 unspecified atom stereocenters. The molecule has 0 aromatic carbocycles. The van der Waals surface area contributed by atoms with Crippen LogP contribution in [0.15, 0.2) is 12.3 Å². The van der Waals surface area contributed by atoms with E-state index < -0.39 is 0 Å². The van der Waals surface area contributed by atoms with Gasteiger partial charge in [-0.2, -0.15) is 0 Å². The van der Waals surface area contributed by atoms with E-state index in [0.717, 1.165) is 31.2 Å². The van der Waals surface area contributed by atoms with Crippen LogP contribution in [0.25, 0.3) is 0 Å². The van der Waals surface area contributed by atoms with Gasteiger partial charge in [0.1, 0.15) is 0 Å². The fraction of sp³-hybridized carbons (Fsp3) is 0.636. The molecule has 3 nitrogen and oxygen atoms in total. The molecule has 1 heterocycles. The van der Waals surface area contributed by atoms with Gasteiger partial charge in [-0.15, -0.1) is 11.6 Å². The summed E-state index contributed by atoms with van der Waals surface area (Å²) in [7, 11) is 0. The van der Waals surface area contributed by atoms with E-state index in [2.05, 4.69) is 21.8 Å². The molecule has 0 radical (unpaired) electrons. The summed E-state index contributed by atoms with van der Waals surface area (Å²) in [6, 6.07) is 1.90. The van der Waals surface area contributed by atoms with Crippen molar-refractivity contribution in [2.45, 2.75) is 26.7 Å². The van der Waals surface area contributed by atoms with Crippen LogP contribution in [-0.2, 0) is 0 Å². The molecule has 0 amide bonds. The van der Waals surface area contributed by atoms with E-state index in [0.29, 0.717) is 5.88 Å². The molecule has 0 atom stereocenters. The summed E-state index contributed by atoms with van der Waals surface area (Å²) in [5.74, 6) is 1.41. The number of alkyl halides is 1. The van der Waals surface area contributed by atoms with Crippen molar-refractivity contribution in [1.29, 1.82) is 0 Å². The Labute approximate surface area is 96.5 Å². The highest BCUT2D eigenvalue weighted by Crippen LogP contribution is 2.08. The Morgan fingerprint density at radius 3 is 2.80 bits per heavy atom. The molecule has 0 saturated heterocycles. The molecule has 0 aliphatic rings. The Morgan fingerprint density at radius 1 is 1.40 bits per heavy atom. The number of rotatable bonds is 6. The fourth-order valence-corrected chi connectivity index (χ4v) is 1.55. The highest BCUT2D eigenvalue weighted by atomic mass is 35.5. The zero-order valence-electron chi connectivity index (χ0n) is 9.41. The van der Waals surface area contributed by atoms with Crippen molar-refractivity contribution < 1.29 is 0 Å². The van der Waals surface area contributed by atoms with Crippen molar-refractivity contribution in [3.8, 4) is 0 Å². The Balaban J connectivity index is 2.69. The first kappa shape index (κ1) is 12.2. The van der Waals surface area contributed by atoms with Crippen molar-refractivity contribution >= 4 is 17.5 Å². The summed E-state index contributed by atoms with van der Waals surface area (Å²) >= 11 is 5.77. The molecule has 1 aromatic rings. The molecule has 1 aromatic heterocycles. The minimum absolute atomic E-state index is 0.612. The minimum atomic E-state index is 0.612. The summed E-state index contributed by atoms with van der Waals surface area (Å²) in [6.45, 7) is 5.94. The summed E-state index contributed by atoms with van der Waals surface area (Å²) in [5, 5.41) is 0. The molecular formula is C11H18ClN3. The van der Waals surface area contributed by atoms with Crippen LogP contribution in [0.5, 0.6) is 0 Å². The molecule has 0 spiro atoms. The number of halogens is 1. The van der Waals surface area contributed by atoms with E-state index in [1.165, 1.54) is 6.42 Å². The third kappa shape index (κ3) is 4.04. The predicted molar refractivity (Wildman–Crippen MR) is 64.6 cm³/mol. The Kier molecular flexibility index (Phi) is 5.40. The summed E-state index contributed by atoms with van der Waals surface area (Å²) < 4.78 is 0. The molecule has 0 N–H and O–H groups in total. The van der Waals surface area contributed by atoms with E-state index in [4.69, 9.17) is 11.6 Å². The molecule has 0 aliphatic carbocycles. The zero-order valence-corrected chi connectivity index (χ0v) is 10.2. The van der Waals surface area contributed by atoms with Gasteiger partial charge in [0.05, 0.1) is 0 Å². The SMILES string of the molecule is CCCCN(CCCl)c1nccc(C)n1. The lowest BCUT2D eigenvalue weighted by atomic mass is 10.3. The fourth-order valence-electron chi connectivity index (χ4n) is 1.35. The van der Waals surface area contributed by atoms with Crippen molar-refractivity contribution in [3.63, 3.8) is 0 Å². The van der Waals surface area contributed by atoms with Crippen molar-refractivity contribution in [3.05, 3.63) is 18.0 Å². The monoisotopic (exact) mass is 227 g/mol. The normalized spacial score (nSPS) is 10.3. The van der Waals surface area contributed by atoms with Gasteiger partial charge in [0, 0.05) is 30.9 Å². The van der Waals surface area contributed by atoms with Crippen molar-refractivity contribution in [2.24, 2.45) is 0 Å². The topological polar surface area (TPSA) is 29.0 Å². The number of hydrogen-bond acceptors (Lipinski definition) is 3. The molecule has 1 rings (SSSR count). The Morgan fingerprint density at radius 2 is 2.20 bits per heavy atom. The van der Waals surface area contributed by atoms with Crippen LogP contribution in [0.1, 0.15) is 25.5 Å². The second kappa shape index (κ2) is 6.62. The Bertz CT molecular complexity index is 291. The van der Waals surface area contributed by atoms with Crippen LogP contribution >= 0.6 is 11.6 Å². The van der Waals surface area contributed by atoms with Gasteiger partial charge < -0.3 is 4.90 Å². The van der Waals surface area contributed by atoms with Crippen molar-refractivity contribution in [1.82, 2.24) is 9.97 Å². The summed E-state index contributed by atoms with van der Waals surface area (Å²) in [5.41, 5.74) is 0.996. The van der Waals surface area contributed by atoms with Gasteiger partial charge in [0.2, 0.25) is 5.95 Å². The van der Waals surface area contributed by atoms with Gasteiger partial charge in [-0.1, -0.05) is 13.3 Å². The van der Waals surface area contributed by atoms with Crippen LogP contribution < -0.4 is 4.90 Å². The second-order valence-corrected chi connectivity index (χ2v) is 3.91. The molecule has 84 valence electrons. The van der Waals surface area contributed by atoms with Gasteiger partial charge in [0.15, 0.2) is 0 Å². The first-order chi connectivity index (χ1) is 7.27. The second-order valence-electron chi connectivity index (χ2n) is 3.53. The molecular weight excluding hydrogens is 210 g/mol. The van der Waals surface area contributed by atoms with Crippen LogP contribution in [0.3, 0.4) is 0 Å². The third-order valence-corrected chi connectivity index (χ3v) is 2.37. The first-order valence-electron chi connectivity index (χ1n) is 5.38. The highest BCUT2D eigenvalue weighted by Gasteiger charge is 2.07. The largest absolute Gasteiger partial charge is 0.340 e. The minimum Gasteiger partial charge on any atom is -0.340 e. The maximum atomic E-state index is 5.77. The number of hydrogen-bond donors (Lipinski definition) is 0. The van der Waals surface area contributed by atoms with Gasteiger partial charge >= 0.3 is 0 Å². The number of nitrogens with zero attached hydrogens (tertiary/aromatic N) is 3. The predicted octanol–water partition coefficient (Wildman–Crippen LogP) is 2.63. The number of aromatic nitrogens is 2. The van der Waals surface area contributed by atoms with Crippen molar-refractivity contribution in [2.75, 3.05) is 23.9 Å². The molecule has 0 saturated carbocycles. The van der Waals surface area contributed by atoms with Crippen LogP contribution in [0.4, 0.5) is 5.95 Å². The number of aryl methyl sites for hydroxylation is 1. The standard InChI is InChI=1S/C11H18ClN3/c1-3-4-8-15(9-6-12)11-13-7-5-10(2)14-11/h5,7H,3-4,6,8-9H2,1-2H3. The average Bonchev–Trinajstić information content (AvgIpc) is 2.24. The van der Waals surface area contributed by atoms with E-state index in [1.807, 2.05) is 13.0 Å². The van der Waals surface area contributed by atoms with Gasteiger partial charge in [-0.05, 0) is 19.4 Å². The third-order valence-electron chi connectivity index (χ3n) is 2.20. The van der Waals surface area contributed by atoms with Gasteiger partial charge in [-0.25, -0.2) is 9.97 Å². The molecule has 0 bridgehead atoms. The van der Waals surface area contributed by atoms with Crippen LogP contribution in [0, 0.1) is 6.92 Å². The van der Waals surface area contributed by atoms with Crippen LogP contribution in [-0.4, -0.2) is 28.9 Å². The maximum absolute atomic E-state index is 5.77. The van der Waals surface area contributed by atoms with Crippen LogP contribution in [0.2, 0.25) is 0 Å². The summed E-state index contributed by atoms with van der Waals surface area (Å²) in [4.78, 5) is 10.8. The smallest absolute Gasteiger partial charge is 0.225 e. The lowest BCUT2D eigenvalue weighted by Crippen LogP contribution is -2.28. The quantitative estimate of drug-likeness (QED) is 0.700. The highest BCUT2D eigenvalue weighted by molar-refractivity contribution is 6.18. The first-order valence-corrected chi connectivity index (χ1v) is 5.92. The lowest BCUT2D eigenvalue weighted by Gasteiger charge is -2.21. The Hall–Kier alpha value is -0.830. The molecule has 0 fully saturated rings. The number of unbranched alkanes of at least 4 members (excludes halogenated alkanes) is 1. The van der Waals surface area contributed by atoms with E-state index in [-0.39, 0.29) is 0 Å². The zero-order chi connectivity index (χ0) is 11.1. The van der Waals surface area contributed by atoms with E-state index >= 15 is 0 Å². The maximum Gasteiger partial charge on any atom is 0.225 e.